The Balaban J connectivity index is 0.000000181. The predicted molar refractivity (Wildman–Crippen MR) is 117 cm³/mol. The fourth-order valence-electron chi connectivity index (χ4n) is 4.18. The summed E-state index contributed by atoms with van der Waals surface area (Å²) in [6.07, 6.45) is 4.42. The molecular formula is C26H28F2N2O2. The van der Waals surface area contributed by atoms with Crippen LogP contribution in [0.2, 0.25) is 0 Å². The van der Waals surface area contributed by atoms with Crippen LogP contribution < -0.4 is 9.47 Å². The highest BCUT2D eigenvalue weighted by atomic mass is 19.1. The van der Waals surface area contributed by atoms with E-state index in [2.05, 4.69) is 26.0 Å². The van der Waals surface area contributed by atoms with Crippen LogP contribution in [0, 0.1) is 45.1 Å². The van der Waals surface area contributed by atoms with Gasteiger partial charge in [-0.3, -0.25) is 0 Å². The van der Waals surface area contributed by atoms with Gasteiger partial charge in [0.15, 0.2) is 0 Å². The van der Waals surface area contributed by atoms with Crippen molar-refractivity contribution in [2.24, 2.45) is 10.8 Å². The number of hydrogen-bond donors (Lipinski definition) is 0. The SMILES string of the molecule is CC1(CCC#N)COc2cc(F)ccc2C1.CC1(CCC#N)COc2cc(F)ccc2C1. The Bertz CT molecular complexity index is 960. The van der Waals surface area contributed by atoms with Gasteiger partial charge in [-0.25, -0.2) is 8.78 Å². The van der Waals surface area contributed by atoms with Crippen LogP contribution in [-0.2, 0) is 12.8 Å². The molecule has 0 N–H and O–H groups in total. The van der Waals surface area contributed by atoms with Gasteiger partial charge in [0.05, 0.1) is 25.4 Å². The minimum Gasteiger partial charge on any atom is -0.493 e. The lowest BCUT2D eigenvalue weighted by Crippen LogP contribution is -2.31. The van der Waals surface area contributed by atoms with E-state index in [9.17, 15) is 8.78 Å². The van der Waals surface area contributed by atoms with Crippen LogP contribution in [0.4, 0.5) is 8.78 Å². The van der Waals surface area contributed by atoms with Gasteiger partial charge in [-0.1, -0.05) is 26.0 Å². The van der Waals surface area contributed by atoms with Gasteiger partial charge in [0.2, 0.25) is 0 Å². The van der Waals surface area contributed by atoms with Gasteiger partial charge in [0.25, 0.3) is 0 Å². The lowest BCUT2D eigenvalue weighted by molar-refractivity contribution is 0.128. The second-order valence-electron chi connectivity index (χ2n) is 9.37. The maximum atomic E-state index is 13.0. The zero-order valence-electron chi connectivity index (χ0n) is 18.6. The molecule has 0 radical (unpaired) electrons. The Labute approximate surface area is 188 Å². The van der Waals surface area contributed by atoms with E-state index in [0.29, 0.717) is 37.6 Å². The molecule has 0 bridgehead atoms. The molecule has 2 unspecified atom stereocenters. The molecule has 32 heavy (non-hydrogen) atoms. The molecule has 2 aliphatic heterocycles. The summed E-state index contributed by atoms with van der Waals surface area (Å²) in [5.74, 6) is 0.766. The summed E-state index contributed by atoms with van der Waals surface area (Å²) in [5, 5.41) is 17.2. The van der Waals surface area contributed by atoms with Crippen molar-refractivity contribution < 1.29 is 18.3 Å². The quantitative estimate of drug-likeness (QED) is 0.575. The van der Waals surface area contributed by atoms with Gasteiger partial charge in [0.1, 0.15) is 23.1 Å². The summed E-state index contributed by atoms with van der Waals surface area (Å²) in [6.45, 7) is 5.34. The molecule has 0 spiro atoms. The molecule has 2 heterocycles. The number of rotatable bonds is 4. The van der Waals surface area contributed by atoms with E-state index in [-0.39, 0.29) is 22.5 Å². The lowest BCUT2D eigenvalue weighted by atomic mass is 9.79. The number of nitriles is 2. The number of benzene rings is 2. The van der Waals surface area contributed by atoms with Crippen LogP contribution in [0.3, 0.4) is 0 Å². The van der Waals surface area contributed by atoms with E-state index in [4.69, 9.17) is 20.0 Å². The number of ether oxygens (including phenoxy) is 2. The molecule has 2 atom stereocenters. The Morgan fingerprint density at radius 3 is 1.56 bits per heavy atom. The highest BCUT2D eigenvalue weighted by molar-refractivity contribution is 5.37. The molecule has 0 fully saturated rings. The molecule has 0 saturated carbocycles. The summed E-state index contributed by atoms with van der Waals surface area (Å²) in [7, 11) is 0. The van der Waals surface area contributed by atoms with Gasteiger partial charge >= 0.3 is 0 Å². The fraction of sp³-hybridized carbons (Fsp3) is 0.462. The number of nitrogens with zero attached hydrogens (tertiary/aromatic N) is 2. The van der Waals surface area contributed by atoms with Crippen molar-refractivity contribution in [3.8, 4) is 23.6 Å². The van der Waals surface area contributed by atoms with Crippen LogP contribution in [0.25, 0.3) is 0 Å². The van der Waals surface area contributed by atoms with Crippen molar-refractivity contribution in [3.05, 3.63) is 59.2 Å². The molecule has 2 aromatic carbocycles. The van der Waals surface area contributed by atoms with Crippen molar-refractivity contribution in [2.75, 3.05) is 13.2 Å². The number of hydrogen-bond acceptors (Lipinski definition) is 4. The average molecular weight is 439 g/mol. The van der Waals surface area contributed by atoms with Crippen molar-refractivity contribution in [1.29, 1.82) is 10.5 Å². The predicted octanol–water partition coefficient (Wildman–Crippen LogP) is 6.14. The number of halogens is 2. The molecule has 4 rings (SSSR count). The van der Waals surface area contributed by atoms with Crippen LogP contribution in [0.5, 0.6) is 11.5 Å². The van der Waals surface area contributed by atoms with Crippen LogP contribution in [0.1, 0.15) is 50.7 Å². The summed E-state index contributed by atoms with van der Waals surface area (Å²) in [6, 6.07) is 13.6. The normalized spacial score (nSPS) is 23.1. The van der Waals surface area contributed by atoms with Crippen molar-refractivity contribution in [2.45, 2.75) is 52.4 Å². The van der Waals surface area contributed by atoms with Crippen molar-refractivity contribution >= 4 is 0 Å². The highest BCUT2D eigenvalue weighted by Crippen LogP contribution is 2.38. The minimum atomic E-state index is -0.264. The Morgan fingerprint density at radius 1 is 0.781 bits per heavy atom. The third-order valence-electron chi connectivity index (χ3n) is 6.13. The van der Waals surface area contributed by atoms with Gasteiger partial charge in [-0.05, 0) is 48.9 Å². The average Bonchev–Trinajstić information content (AvgIpc) is 2.77. The van der Waals surface area contributed by atoms with E-state index >= 15 is 0 Å². The molecule has 2 aliphatic rings. The van der Waals surface area contributed by atoms with E-state index in [1.54, 1.807) is 12.1 Å². The Morgan fingerprint density at radius 2 is 1.19 bits per heavy atom. The Kier molecular flexibility index (Phi) is 7.36. The molecule has 2 aromatic rings. The zero-order chi connectivity index (χ0) is 23.2. The molecule has 168 valence electrons. The lowest BCUT2D eigenvalue weighted by Gasteiger charge is -2.34. The second kappa shape index (κ2) is 10.0. The van der Waals surface area contributed by atoms with Gasteiger partial charge in [-0.15, -0.1) is 0 Å². The first kappa shape index (κ1) is 23.5. The molecular weight excluding hydrogens is 410 g/mol. The largest absolute Gasteiger partial charge is 0.493 e. The summed E-state index contributed by atoms with van der Waals surface area (Å²) in [5.41, 5.74) is 2.07. The highest BCUT2D eigenvalue weighted by Gasteiger charge is 2.32. The van der Waals surface area contributed by atoms with E-state index in [1.165, 1.54) is 24.3 Å². The van der Waals surface area contributed by atoms with Gasteiger partial charge in [-0.2, -0.15) is 10.5 Å². The monoisotopic (exact) mass is 438 g/mol. The third kappa shape index (κ3) is 5.98. The van der Waals surface area contributed by atoms with Crippen LogP contribution in [-0.4, -0.2) is 13.2 Å². The van der Waals surface area contributed by atoms with Crippen molar-refractivity contribution in [3.63, 3.8) is 0 Å². The third-order valence-corrected chi connectivity index (χ3v) is 6.13. The van der Waals surface area contributed by atoms with E-state index in [1.807, 2.05) is 0 Å². The fourth-order valence-corrected chi connectivity index (χ4v) is 4.18. The summed E-state index contributed by atoms with van der Waals surface area (Å²) >= 11 is 0. The standard InChI is InChI=1S/2C13H14FNO/c2*1-13(5-2-6-15)8-10-3-4-11(14)7-12(10)16-9-13/h2*3-4,7H,2,5,8-9H2,1H3. The Hall–Kier alpha value is -3.12. The van der Waals surface area contributed by atoms with E-state index < -0.39 is 0 Å². The maximum absolute atomic E-state index is 13.0. The molecule has 0 amide bonds. The smallest absolute Gasteiger partial charge is 0.126 e. The summed E-state index contributed by atoms with van der Waals surface area (Å²) in [4.78, 5) is 0. The summed E-state index contributed by atoms with van der Waals surface area (Å²) < 4.78 is 37.1. The second-order valence-corrected chi connectivity index (χ2v) is 9.37. The number of fused-ring (bicyclic) bond motifs is 2. The molecule has 4 nitrogen and oxygen atoms in total. The molecule has 0 aliphatic carbocycles. The minimum absolute atomic E-state index is 0.000555. The van der Waals surface area contributed by atoms with Crippen LogP contribution >= 0.6 is 0 Å². The molecule has 6 heteroatoms. The van der Waals surface area contributed by atoms with Gasteiger partial charge in [0, 0.05) is 35.8 Å². The maximum Gasteiger partial charge on any atom is 0.126 e. The molecule has 0 aromatic heterocycles. The first-order valence-corrected chi connectivity index (χ1v) is 10.8. The van der Waals surface area contributed by atoms with Gasteiger partial charge < -0.3 is 9.47 Å². The zero-order valence-corrected chi connectivity index (χ0v) is 18.6. The van der Waals surface area contributed by atoms with Crippen LogP contribution in [0.15, 0.2) is 36.4 Å². The van der Waals surface area contributed by atoms with Crippen molar-refractivity contribution in [1.82, 2.24) is 0 Å². The topological polar surface area (TPSA) is 66.0 Å². The first-order valence-electron chi connectivity index (χ1n) is 10.8. The van der Waals surface area contributed by atoms with E-state index in [0.717, 1.165) is 36.8 Å². The molecule has 0 saturated heterocycles. The first-order chi connectivity index (χ1) is 15.3.